The van der Waals surface area contributed by atoms with Gasteiger partial charge in [0.05, 0.1) is 11.7 Å². The summed E-state index contributed by atoms with van der Waals surface area (Å²) in [5, 5.41) is 1.88. The molecule has 1 atom stereocenters. The monoisotopic (exact) mass is 210 g/mol. The van der Waals surface area contributed by atoms with Gasteiger partial charge in [0.2, 0.25) is 0 Å². The quantitative estimate of drug-likeness (QED) is 0.733. The predicted molar refractivity (Wildman–Crippen MR) is 66.0 cm³/mol. The van der Waals surface area contributed by atoms with Gasteiger partial charge in [-0.1, -0.05) is 48.5 Å². The standard InChI is InChI=1S/C14H14N2/c15-16-13-9-5-4-8-12(13)10-14(16)11-6-2-1-3-7-11/h1-9,14H,10,15H2. The van der Waals surface area contributed by atoms with Crippen molar-refractivity contribution in [3.63, 3.8) is 0 Å². The largest absolute Gasteiger partial charge is 0.303 e. The molecule has 0 bridgehead atoms. The van der Waals surface area contributed by atoms with Crippen molar-refractivity contribution < 1.29 is 0 Å². The molecule has 1 aliphatic heterocycles. The Morgan fingerprint density at radius 3 is 2.38 bits per heavy atom. The van der Waals surface area contributed by atoms with Gasteiger partial charge in [0.15, 0.2) is 0 Å². The molecule has 0 amide bonds. The molecule has 0 spiro atoms. The summed E-state index contributed by atoms with van der Waals surface area (Å²) >= 11 is 0. The number of fused-ring (bicyclic) bond motifs is 1. The molecule has 0 radical (unpaired) electrons. The highest BCUT2D eigenvalue weighted by atomic mass is 15.4. The number of hydrogen-bond donors (Lipinski definition) is 1. The van der Waals surface area contributed by atoms with E-state index in [9.17, 15) is 0 Å². The van der Waals surface area contributed by atoms with E-state index in [1.165, 1.54) is 11.1 Å². The molecule has 80 valence electrons. The van der Waals surface area contributed by atoms with E-state index in [0.29, 0.717) is 0 Å². The van der Waals surface area contributed by atoms with Gasteiger partial charge in [-0.05, 0) is 17.2 Å². The van der Waals surface area contributed by atoms with Crippen LogP contribution in [0, 0.1) is 0 Å². The van der Waals surface area contributed by atoms with E-state index >= 15 is 0 Å². The third kappa shape index (κ3) is 1.39. The molecule has 2 aromatic carbocycles. The number of benzene rings is 2. The van der Waals surface area contributed by atoms with Crippen molar-refractivity contribution in [3.8, 4) is 0 Å². The lowest BCUT2D eigenvalue weighted by molar-refractivity contribution is 0.681. The molecule has 0 saturated heterocycles. The Bertz CT molecular complexity index is 493. The Morgan fingerprint density at radius 1 is 0.938 bits per heavy atom. The molecule has 0 saturated carbocycles. The maximum absolute atomic E-state index is 6.16. The zero-order chi connectivity index (χ0) is 11.0. The fourth-order valence-electron chi connectivity index (χ4n) is 2.36. The van der Waals surface area contributed by atoms with Gasteiger partial charge in [-0.15, -0.1) is 0 Å². The Kier molecular flexibility index (Phi) is 2.15. The lowest BCUT2D eigenvalue weighted by atomic mass is 10.0. The minimum Gasteiger partial charge on any atom is -0.303 e. The smallest absolute Gasteiger partial charge is 0.0743 e. The summed E-state index contributed by atoms with van der Waals surface area (Å²) in [6.07, 6.45) is 0.997. The average molecular weight is 210 g/mol. The second kappa shape index (κ2) is 3.65. The number of para-hydroxylation sites is 1. The van der Waals surface area contributed by atoms with Crippen LogP contribution in [0.5, 0.6) is 0 Å². The zero-order valence-corrected chi connectivity index (χ0v) is 9.01. The highest BCUT2D eigenvalue weighted by molar-refractivity contribution is 5.59. The first-order valence-corrected chi connectivity index (χ1v) is 5.53. The van der Waals surface area contributed by atoms with Gasteiger partial charge in [-0.3, -0.25) is 0 Å². The maximum Gasteiger partial charge on any atom is 0.0743 e. The van der Waals surface area contributed by atoms with Gasteiger partial charge < -0.3 is 5.01 Å². The van der Waals surface area contributed by atoms with Gasteiger partial charge >= 0.3 is 0 Å². The number of anilines is 1. The van der Waals surface area contributed by atoms with Crippen LogP contribution in [0.4, 0.5) is 5.69 Å². The molecule has 1 aliphatic rings. The molecule has 0 aromatic heterocycles. The second-order valence-electron chi connectivity index (χ2n) is 4.17. The van der Waals surface area contributed by atoms with E-state index in [0.717, 1.165) is 12.1 Å². The van der Waals surface area contributed by atoms with Crippen LogP contribution in [-0.2, 0) is 6.42 Å². The molecular formula is C14H14N2. The van der Waals surface area contributed by atoms with Crippen molar-refractivity contribution in [3.05, 3.63) is 65.7 Å². The van der Waals surface area contributed by atoms with E-state index in [1.54, 1.807) is 0 Å². The van der Waals surface area contributed by atoms with Gasteiger partial charge in [0.25, 0.3) is 0 Å². The fraction of sp³-hybridized carbons (Fsp3) is 0.143. The molecule has 1 heterocycles. The summed E-state index contributed by atoms with van der Waals surface area (Å²) in [6.45, 7) is 0. The number of nitrogens with zero attached hydrogens (tertiary/aromatic N) is 1. The third-order valence-electron chi connectivity index (χ3n) is 3.20. The Balaban J connectivity index is 1.99. The lowest BCUT2D eigenvalue weighted by Gasteiger charge is -2.22. The fourth-order valence-corrected chi connectivity index (χ4v) is 2.36. The molecule has 0 fully saturated rings. The molecule has 16 heavy (non-hydrogen) atoms. The highest BCUT2D eigenvalue weighted by Gasteiger charge is 2.27. The summed E-state index contributed by atoms with van der Waals surface area (Å²) in [4.78, 5) is 0. The zero-order valence-electron chi connectivity index (χ0n) is 9.01. The molecule has 2 nitrogen and oxygen atoms in total. The average Bonchev–Trinajstić information content (AvgIpc) is 2.69. The van der Waals surface area contributed by atoms with Crippen molar-refractivity contribution >= 4 is 5.69 Å². The summed E-state index contributed by atoms with van der Waals surface area (Å²) in [5.74, 6) is 6.16. The molecule has 2 heteroatoms. The highest BCUT2D eigenvalue weighted by Crippen LogP contribution is 2.37. The van der Waals surface area contributed by atoms with Crippen LogP contribution in [0.25, 0.3) is 0 Å². The van der Waals surface area contributed by atoms with E-state index in [-0.39, 0.29) is 6.04 Å². The first kappa shape index (κ1) is 9.43. The Labute approximate surface area is 95.3 Å². The van der Waals surface area contributed by atoms with Crippen LogP contribution in [0.1, 0.15) is 17.2 Å². The van der Waals surface area contributed by atoms with E-state index in [4.69, 9.17) is 5.84 Å². The normalized spacial score (nSPS) is 18.6. The van der Waals surface area contributed by atoms with Crippen molar-refractivity contribution in [1.82, 2.24) is 0 Å². The molecule has 2 aromatic rings. The SMILES string of the molecule is NN1c2ccccc2CC1c1ccccc1. The van der Waals surface area contributed by atoms with Crippen LogP contribution in [0.2, 0.25) is 0 Å². The number of hydrazine groups is 1. The molecule has 3 rings (SSSR count). The van der Waals surface area contributed by atoms with E-state index in [1.807, 2.05) is 17.1 Å². The van der Waals surface area contributed by atoms with Crippen molar-refractivity contribution in [1.29, 1.82) is 0 Å². The third-order valence-corrected chi connectivity index (χ3v) is 3.20. The number of rotatable bonds is 1. The second-order valence-corrected chi connectivity index (χ2v) is 4.17. The summed E-state index contributed by atoms with van der Waals surface area (Å²) in [5.41, 5.74) is 3.76. The topological polar surface area (TPSA) is 29.3 Å². The lowest BCUT2D eigenvalue weighted by Crippen LogP contribution is -2.31. The van der Waals surface area contributed by atoms with E-state index in [2.05, 4.69) is 42.5 Å². The minimum atomic E-state index is 0.276. The molecule has 1 unspecified atom stereocenters. The molecule has 0 aliphatic carbocycles. The number of nitrogens with two attached hydrogens (primary N) is 1. The van der Waals surface area contributed by atoms with Crippen LogP contribution in [0.3, 0.4) is 0 Å². The maximum atomic E-state index is 6.16. The summed E-state index contributed by atoms with van der Waals surface area (Å²) in [7, 11) is 0. The van der Waals surface area contributed by atoms with E-state index < -0.39 is 0 Å². The van der Waals surface area contributed by atoms with Gasteiger partial charge in [0.1, 0.15) is 0 Å². The predicted octanol–water partition coefficient (Wildman–Crippen LogP) is 2.66. The van der Waals surface area contributed by atoms with Crippen molar-refractivity contribution in [2.75, 3.05) is 5.01 Å². The van der Waals surface area contributed by atoms with Crippen molar-refractivity contribution in [2.45, 2.75) is 12.5 Å². The van der Waals surface area contributed by atoms with Crippen LogP contribution in [-0.4, -0.2) is 0 Å². The Hall–Kier alpha value is -1.80. The Morgan fingerprint density at radius 2 is 1.62 bits per heavy atom. The minimum absolute atomic E-state index is 0.276. The summed E-state index contributed by atoms with van der Waals surface area (Å²) < 4.78 is 0. The molecular weight excluding hydrogens is 196 g/mol. The summed E-state index contributed by atoms with van der Waals surface area (Å²) in [6, 6.07) is 19.0. The van der Waals surface area contributed by atoms with Crippen LogP contribution in [0.15, 0.2) is 54.6 Å². The van der Waals surface area contributed by atoms with Crippen molar-refractivity contribution in [2.24, 2.45) is 5.84 Å². The molecule has 2 N–H and O–H groups in total. The van der Waals surface area contributed by atoms with Crippen LogP contribution < -0.4 is 10.9 Å². The van der Waals surface area contributed by atoms with Gasteiger partial charge in [0, 0.05) is 6.42 Å². The first-order chi connectivity index (χ1) is 7.86. The van der Waals surface area contributed by atoms with Gasteiger partial charge in [-0.25, -0.2) is 5.84 Å². The number of hydrogen-bond acceptors (Lipinski definition) is 2. The van der Waals surface area contributed by atoms with Crippen LogP contribution >= 0.6 is 0 Å². The van der Waals surface area contributed by atoms with Gasteiger partial charge in [-0.2, -0.15) is 0 Å². The first-order valence-electron chi connectivity index (χ1n) is 5.53.